The van der Waals surface area contributed by atoms with Gasteiger partial charge in [0, 0.05) is 39.2 Å². The Hall–Kier alpha value is -1.70. The van der Waals surface area contributed by atoms with Crippen LogP contribution in [0.15, 0.2) is 23.8 Å². The minimum absolute atomic E-state index is 0.0440. The van der Waals surface area contributed by atoms with Crippen LogP contribution in [0.25, 0.3) is 0 Å². The molecule has 0 bridgehead atoms. The van der Waals surface area contributed by atoms with Crippen molar-refractivity contribution in [2.24, 2.45) is 35.5 Å². The van der Waals surface area contributed by atoms with Gasteiger partial charge in [-0.05, 0) is 114 Å². The number of Topliss-reactive ketones (excluding diaryl/α,β-unsaturated/α-hetero) is 1. The van der Waals surface area contributed by atoms with Gasteiger partial charge in [-0.2, -0.15) is 0 Å². The number of likely N-dealkylation sites (N-methyl/N-ethyl adjacent to an activating group) is 1. The molecule has 11 heteroatoms. The Bertz CT molecular complexity index is 1320. The van der Waals surface area contributed by atoms with E-state index in [0.717, 1.165) is 63.5 Å². The highest BCUT2D eigenvalue weighted by atomic mass is 16.7. The number of methoxy groups -OCH3 is 3. The normalized spacial score (nSPS) is 44.5. The number of ether oxygens (including phenoxy) is 8. The fraction of sp³-hybridized carbons (Fsp3) is 0.860. The Morgan fingerprint density at radius 2 is 1.59 bits per heavy atom. The summed E-state index contributed by atoms with van der Waals surface area (Å²) in [7, 11) is 7.15. The first-order chi connectivity index (χ1) is 26.0. The average Bonchev–Trinajstić information content (AvgIpc) is 3.73. The van der Waals surface area contributed by atoms with Gasteiger partial charge >= 0.3 is 5.97 Å². The van der Waals surface area contributed by atoms with Crippen LogP contribution in [-0.4, -0.2) is 119 Å². The highest BCUT2D eigenvalue weighted by molar-refractivity contribution is 5.99. The zero-order valence-corrected chi connectivity index (χ0v) is 34.4. The second kappa shape index (κ2) is 18.7. The molecule has 3 heterocycles. The second-order valence-electron chi connectivity index (χ2n) is 17.0. The molecule has 0 N–H and O–H groups in total. The lowest BCUT2D eigenvalue weighted by atomic mass is 9.70. The van der Waals surface area contributed by atoms with Crippen LogP contribution < -0.4 is 0 Å². The van der Waals surface area contributed by atoms with Crippen molar-refractivity contribution in [3.8, 4) is 0 Å². The molecule has 306 valence electrons. The van der Waals surface area contributed by atoms with Crippen molar-refractivity contribution in [3.05, 3.63) is 23.8 Å². The molecule has 0 aromatic carbocycles. The standard InChI is InChI=1S/C43H69NO10/c1-10-19-44(6)35-17-18-38(50-25(35)4)54-36-14-12-13-28(11-2)52-37(45)23-33-30-16-15-27-20-29(21-31(27)32(30)22-34(33)39(46)24(36)3)53-43-42(49-9)41(48-8)40(47-7)26(5)51-43/h15-16,22,24-33,35-36,38,40-43H,10-14,17-21,23H2,1-9H3/t24-,25?,26?,27-,28+,29-,30-,31-,32-,33+,35+,36+,38+,40+,41-,42?,43+/m1/s1. The van der Waals surface area contributed by atoms with Gasteiger partial charge in [-0.15, -0.1) is 0 Å². The lowest BCUT2D eigenvalue weighted by Crippen LogP contribution is -2.59. The van der Waals surface area contributed by atoms with E-state index in [1.54, 1.807) is 21.3 Å². The summed E-state index contributed by atoms with van der Waals surface area (Å²) in [6, 6.07) is 0.357. The number of hydrogen-bond donors (Lipinski definition) is 0. The third-order valence-electron chi connectivity index (χ3n) is 13.7. The van der Waals surface area contributed by atoms with Gasteiger partial charge in [0.1, 0.15) is 24.4 Å². The Morgan fingerprint density at radius 1 is 0.833 bits per heavy atom. The van der Waals surface area contributed by atoms with Crippen LogP contribution in [0.2, 0.25) is 0 Å². The summed E-state index contributed by atoms with van der Waals surface area (Å²) >= 11 is 0. The lowest BCUT2D eigenvalue weighted by molar-refractivity contribution is -0.314. The molecule has 54 heavy (non-hydrogen) atoms. The zero-order valence-electron chi connectivity index (χ0n) is 34.4. The summed E-state index contributed by atoms with van der Waals surface area (Å²) in [4.78, 5) is 30.7. The largest absolute Gasteiger partial charge is 0.462 e. The van der Waals surface area contributed by atoms with E-state index in [-0.39, 0.29) is 96.8 Å². The highest BCUT2D eigenvalue weighted by Crippen LogP contribution is 2.54. The number of ketones is 1. The molecule has 3 saturated heterocycles. The molecule has 6 rings (SSSR count). The number of allylic oxidation sites excluding steroid dienone is 4. The molecule has 0 aromatic rings. The third-order valence-corrected chi connectivity index (χ3v) is 13.7. The predicted octanol–water partition coefficient (Wildman–Crippen LogP) is 6.27. The first-order valence-corrected chi connectivity index (χ1v) is 21.1. The first-order valence-electron chi connectivity index (χ1n) is 21.1. The summed E-state index contributed by atoms with van der Waals surface area (Å²) in [5, 5.41) is 0. The average molecular weight is 760 g/mol. The van der Waals surface area contributed by atoms with E-state index in [4.69, 9.17) is 37.9 Å². The van der Waals surface area contributed by atoms with E-state index in [1.807, 2.05) is 13.8 Å². The van der Waals surface area contributed by atoms with Crippen molar-refractivity contribution in [2.75, 3.05) is 34.9 Å². The molecular weight excluding hydrogens is 690 g/mol. The van der Waals surface area contributed by atoms with Crippen LogP contribution in [0.1, 0.15) is 98.8 Å². The van der Waals surface area contributed by atoms with Gasteiger partial charge in [-0.3, -0.25) is 9.59 Å². The smallest absolute Gasteiger partial charge is 0.306 e. The van der Waals surface area contributed by atoms with Crippen LogP contribution >= 0.6 is 0 Å². The van der Waals surface area contributed by atoms with E-state index >= 15 is 0 Å². The Balaban J connectivity index is 1.19. The Labute approximate surface area is 324 Å². The third kappa shape index (κ3) is 8.89. The molecule has 1 saturated carbocycles. The van der Waals surface area contributed by atoms with Crippen molar-refractivity contribution < 1.29 is 47.5 Å². The molecule has 0 spiro atoms. The monoisotopic (exact) mass is 759 g/mol. The van der Waals surface area contributed by atoms with E-state index in [2.05, 4.69) is 50.9 Å². The first kappa shape index (κ1) is 41.9. The molecule has 4 fully saturated rings. The molecule has 0 amide bonds. The van der Waals surface area contributed by atoms with Crippen molar-refractivity contribution >= 4 is 11.8 Å². The highest BCUT2D eigenvalue weighted by Gasteiger charge is 2.52. The van der Waals surface area contributed by atoms with Gasteiger partial charge in [0.15, 0.2) is 18.4 Å². The second-order valence-corrected chi connectivity index (χ2v) is 17.0. The van der Waals surface area contributed by atoms with Gasteiger partial charge in [0.25, 0.3) is 0 Å². The van der Waals surface area contributed by atoms with Crippen LogP contribution in [-0.2, 0) is 47.5 Å². The van der Waals surface area contributed by atoms with Gasteiger partial charge in [0.05, 0.1) is 30.8 Å². The SMILES string of the molecule is CCCN(C)[C@H]1CC[C@H](O[C@H]2CCC[C@H](CC)OC(=O)C[C@@H]3C(=C[C@@H]4[C@H]3C=C[C@@H]3C[C@@H](O[C@@H]5OC(C)[C@H](OC)[C@@H](OC)C5OC)C[C@@H]43)C(=O)[C@@H]2C)OC1C. The number of esters is 1. The fourth-order valence-electron chi connectivity index (χ4n) is 10.8. The number of rotatable bonds is 11. The summed E-state index contributed by atoms with van der Waals surface area (Å²) < 4.78 is 49.8. The topological polar surface area (TPSA) is 111 Å². The molecule has 11 nitrogen and oxygen atoms in total. The van der Waals surface area contributed by atoms with E-state index in [9.17, 15) is 9.59 Å². The van der Waals surface area contributed by atoms with Crippen molar-refractivity contribution in [2.45, 2.75) is 166 Å². The molecule has 0 radical (unpaired) electrons. The van der Waals surface area contributed by atoms with Gasteiger partial charge in [0.2, 0.25) is 0 Å². The maximum atomic E-state index is 14.7. The number of hydrogen-bond acceptors (Lipinski definition) is 11. The molecule has 6 aliphatic rings. The number of fused-ring (bicyclic) bond motifs is 5. The van der Waals surface area contributed by atoms with Crippen LogP contribution in [0.4, 0.5) is 0 Å². The fourth-order valence-corrected chi connectivity index (χ4v) is 10.8. The van der Waals surface area contributed by atoms with E-state index in [0.29, 0.717) is 18.4 Å². The van der Waals surface area contributed by atoms with E-state index < -0.39 is 12.4 Å². The maximum Gasteiger partial charge on any atom is 0.306 e. The van der Waals surface area contributed by atoms with Crippen LogP contribution in [0, 0.1) is 35.5 Å². The molecule has 17 atom stereocenters. The summed E-state index contributed by atoms with van der Waals surface area (Å²) in [6.45, 7) is 11.5. The molecular formula is C43H69NO10. The molecule has 3 aliphatic heterocycles. The van der Waals surface area contributed by atoms with Crippen LogP contribution in [0.5, 0.6) is 0 Å². The van der Waals surface area contributed by atoms with Gasteiger partial charge in [-0.1, -0.05) is 39.0 Å². The molecule has 0 aromatic heterocycles. The predicted molar refractivity (Wildman–Crippen MR) is 203 cm³/mol. The van der Waals surface area contributed by atoms with Gasteiger partial charge < -0.3 is 42.8 Å². The Morgan fingerprint density at radius 3 is 2.28 bits per heavy atom. The number of carbonyl (C=O) groups is 2. The minimum Gasteiger partial charge on any atom is -0.462 e. The summed E-state index contributed by atoms with van der Waals surface area (Å²) in [5.74, 6) is 0.0207. The van der Waals surface area contributed by atoms with Crippen LogP contribution in [0.3, 0.4) is 0 Å². The maximum absolute atomic E-state index is 14.7. The van der Waals surface area contributed by atoms with Crippen molar-refractivity contribution in [1.82, 2.24) is 4.90 Å². The molecule has 3 aliphatic carbocycles. The summed E-state index contributed by atoms with van der Waals surface area (Å²) in [6.07, 6.45) is 12.0. The molecule has 3 unspecified atom stereocenters. The zero-order chi connectivity index (χ0) is 38.7. The van der Waals surface area contributed by atoms with E-state index in [1.165, 1.54) is 0 Å². The lowest BCUT2D eigenvalue weighted by Gasteiger charge is -2.44. The van der Waals surface area contributed by atoms with Crippen molar-refractivity contribution in [3.63, 3.8) is 0 Å². The quantitative estimate of drug-likeness (QED) is 0.176. The Kier molecular flexibility index (Phi) is 14.5. The van der Waals surface area contributed by atoms with Crippen molar-refractivity contribution in [1.29, 1.82) is 0 Å². The number of carbonyl (C=O) groups excluding carboxylic acids is 2. The number of nitrogens with zero attached hydrogens (tertiary/aromatic N) is 1. The summed E-state index contributed by atoms with van der Waals surface area (Å²) in [5.41, 5.74) is 0.767. The number of cyclic esters (lactones) is 1. The minimum atomic E-state index is -0.594. The van der Waals surface area contributed by atoms with Gasteiger partial charge in [-0.25, -0.2) is 0 Å².